The van der Waals surface area contributed by atoms with Crippen molar-refractivity contribution in [3.05, 3.63) is 75.9 Å². The fourth-order valence-electron chi connectivity index (χ4n) is 8.62. The van der Waals surface area contributed by atoms with Gasteiger partial charge in [0.15, 0.2) is 0 Å². The van der Waals surface area contributed by atoms with Crippen molar-refractivity contribution < 1.29 is 9.18 Å². The van der Waals surface area contributed by atoms with Gasteiger partial charge in [-0.25, -0.2) is 9.18 Å². The second-order valence-corrected chi connectivity index (χ2v) is 13.9. The van der Waals surface area contributed by atoms with E-state index in [0.717, 1.165) is 56.7 Å². The molecule has 4 aliphatic rings. The van der Waals surface area contributed by atoms with Crippen molar-refractivity contribution in [2.45, 2.75) is 76.0 Å². The summed E-state index contributed by atoms with van der Waals surface area (Å²) in [7, 11) is 2.15. The lowest BCUT2D eigenvalue weighted by molar-refractivity contribution is -0.128. The van der Waals surface area contributed by atoms with E-state index in [1.54, 1.807) is 4.90 Å². The molecule has 7 rings (SSSR count). The Morgan fingerprint density at radius 1 is 1.11 bits per heavy atom. The van der Waals surface area contributed by atoms with Gasteiger partial charge in [0.05, 0.1) is 25.1 Å². The van der Waals surface area contributed by atoms with Gasteiger partial charge in [0.25, 0.3) is 0 Å². The van der Waals surface area contributed by atoms with Gasteiger partial charge in [-0.05, 0) is 69.3 Å². The number of rotatable bonds is 7. The standard InChI is InChI=1S/C37H44FN7O2/c1-26-8-3-9-27-10-4-12-30(33(26)27)43-24-31-34(37(25-43)15-7-16-37)35(40-36(47)45(31)23-28-11-6-19-41(28)2)42-20-21-44(29(22-42)14-18-39)32(46)13-5-17-38/h3-5,8-10,12-13,28-29H,6-7,11,14-17,19-25H2,1-2H3/b13-5+/t28-,29-/m0/s1. The molecule has 1 saturated carbocycles. The van der Waals surface area contributed by atoms with E-state index in [0.29, 0.717) is 32.7 Å². The molecule has 0 radical (unpaired) electrons. The summed E-state index contributed by atoms with van der Waals surface area (Å²) in [6.07, 6.45) is 7.95. The summed E-state index contributed by atoms with van der Waals surface area (Å²) in [6, 6.07) is 15.1. The maximum atomic E-state index is 14.2. The van der Waals surface area contributed by atoms with Crippen molar-refractivity contribution in [3.63, 3.8) is 0 Å². The molecule has 2 aromatic carbocycles. The fraction of sp³-hybridized carbons (Fsp3) is 0.514. The zero-order valence-corrected chi connectivity index (χ0v) is 27.5. The van der Waals surface area contributed by atoms with E-state index in [1.165, 1.54) is 39.7 Å². The Bertz CT molecular complexity index is 1800. The van der Waals surface area contributed by atoms with Crippen molar-refractivity contribution >= 4 is 28.2 Å². The third kappa shape index (κ3) is 5.58. The Hall–Kier alpha value is -4.23. The van der Waals surface area contributed by atoms with Gasteiger partial charge in [-0.1, -0.05) is 36.8 Å². The highest BCUT2D eigenvalue weighted by Gasteiger charge is 2.49. The van der Waals surface area contributed by atoms with Gasteiger partial charge in [0, 0.05) is 72.6 Å². The molecule has 3 fully saturated rings. The van der Waals surface area contributed by atoms with E-state index in [2.05, 4.69) is 71.1 Å². The molecular formula is C37H44FN7O2. The number of hydrogen-bond donors (Lipinski definition) is 0. The van der Waals surface area contributed by atoms with Crippen LogP contribution in [0.3, 0.4) is 0 Å². The van der Waals surface area contributed by atoms with E-state index in [9.17, 15) is 19.2 Å². The summed E-state index contributed by atoms with van der Waals surface area (Å²) >= 11 is 0. The van der Waals surface area contributed by atoms with Gasteiger partial charge < -0.3 is 19.6 Å². The number of likely N-dealkylation sites (N-methyl/N-ethyl adjacent to an activating group) is 1. The molecule has 1 aliphatic carbocycles. The first-order valence-electron chi connectivity index (χ1n) is 17.1. The predicted octanol–water partition coefficient (Wildman–Crippen LogP) is 4.70. The minimum atomic E-state index is -0.713. The number of benzene rings is 2. The number of aromatic nitrogens is 2. The molecule has 0 unspecified atom stereocenters. The van der Waals surface area contributed by atoms with E-state index in [-0.39, 0.29) is 35.5 Å². The molecule has 10 heteroatoms. The highest BCUT2D eigenvalue weighted by Crippen LogP contribution is 2.52. The van der Waals surface area contributed by atoms with Crippen LogP contribution in [0, 0.1) is 18.3 Å². The van der Waals surface area contributed by atoms with Gasteiger partial charge >= 0.3 is 5.69 Å². The SMILES string of the molecule is Cc1cccc2cccc(N3Cc4c(c(N5CCN(C(=O)/C=C/CF)[C@@H](CC#N)C5)nc(=O)n4C[C@@H]4CCCN4C)C4(CCC4)C3)c12. The molecule has 2 atom stereocenters. The third-order valence-corrected chi connectivity index (χ3v) is 11.2. The molecule has 9 nitrogen and oxygen atoms in total. The minimum absolute atomic E-state index is 0.151. The van der Waals surface area contributed by atoms with Crippen molar-refractivity contribution in [2.24, 2.45) is 0 Å². The van der Waals surface area contributed by atoms with Crippen LogP contribution in [-0.4, -0.2) is 83.8 Å². The molecule has 246 valence electrons. The van der Waals surface area contributed by atoms with Crippen LogP contribution in [0.2, 0.25) is 0 Å². The first-order chi connectivity index (χ1) is 22.8. The Kier molecular flexibility index (Phi) is 8.52. The molecule has 0 bridgehead atoms. The zero-order chi connectivity index (χ0) is 32.7. The number of carbonyl (C=O) groups excluding carboxylic acids is 1. The van der Waals surface area contributed by atoms with Gasteiger partial charge in [-0.3, -0.25) is 9.36 Å². The fourth-order valence-corrected chi connectivity index (χ4v) is 8.62. The van der Waals surface area contributed by atoms with Crippen LogP contribution < -0.4 is 15.5 Å². The van der Waals surface area contributed by atoms with E-state index >= 15 is 0 Å². The molecular weight excluding hydrogens is 593 g/mol. The number of aryl methyl sites for hydroxylation is 1. The molecule has 1 spiro atoms. The van der Waals surface area contributed by atoms with E-state index in [4.69, 9.17) is 4.98 Å². The maximum Gasteiger partial charge on any atom is 0.349 e. The number of likely N-dealkylation sites (tertiary alicyclic amines) is 1. The molecule has 3 aromatic rings. The zero-order valence-electron chi connectivity index (χ0n) is 27.5. The first kappa shape index (κ1) is 31.4. The third-order valence-electron chi connectivity index (χ3n) is 11.2. The lowest BCUT2D eigenvalue weighted by Gasteiger charge is -2.52. The number of anilines is 2. The normalized spacial score (nSPS) is 22.6. The molecule has 47 heavy (non-hydrogen) atoms. The topological polar surface area (TPSA) is 88.7 Å². The number of piperazine rings is 1. The molecule has 0 N–H and O–H groups in total. The van der Waals surface area contributed by atoms with Crippen molar-refractivity contribution in [1.82, 2.24) is 19.4 Å². The van der Waals surface area contributed by atoms with Crippen molar-refractivity contribution in [2.75, 3.05) is 56.2 Å². The summed E-state index contributed by atoms with van der Waals surface area (Å²) in [5.74, 6) is 0.439. The number of hydrogen-bond acceptors (Lipinski definition) is 7. The molecule has 1 amide bonds. The monoisotopic (exact) mass is 637 g/mol. The molecule has 4 heterocycles. The van der Waals surface area contributed by atoms with Crippen LogP contribution in [-0.2, 0) is 23.3 Å². The highest BCUT2D eigenvalue weighted by molar-refractivity contribution is 5.97. The average Bonchev–Trinajstić information content (AvgIpc) is 3.47. The van der Waals surface area contributed by atoms with Crippen LogP contribution in [0.5, 0.6) is 0 Å². The number of amides is 1. The number of carbonyl (C=O) groups is 1. The first-order valence-corrected chi connectivity index (χ1v) is 17.1. The van der Waals surface area contributed by atoms with Crippen molar-refractivity contribution in [3.8, 4) is 6.07 Å². The summed E-state index contributed by atoms with van der Waals surface area (Å²) in [6.45, 7) is 5.83. The number of nitrogens with zero attached hydrogens (tertiary/aromatic N) is 7. The smallest absolute Gasteiger partial charge is 0.349 e. The number of halogens is 1. The average molecular weight is 638 g/mol. The van der Waals surface area contributed by atoms with E-state index in [1.807, 2.05) is 4.57 Å². The van der Waals surface area contributed by atoms with Crippen LogP contribution >= 0.6 is 0 Å². The Morgan fingerprint density at radius 3 is 2.62 bits per heavy atom. The molecule has 2 saturated heterocycles. The van der Waals surface area contributed by atoms with Gasteiger partial charge in [-0.2, -0.15) is 10.2 Å². The Morgan fingerprint density at radius 2 is 1.91 bits per heavy atom. The summed E-state index contributed by atoms with van der Waals surface area (Å²) in [5.41, 5.74) is 4.30. The van der Waals surface area contributed by atoms with Crippen LogP contribution in [0.4, 0.5) is 15.9 Å². The van der Waals surface area contributed by atoms with Crippen LogP contribution in [0.1, 0.15) is 55.3 Å². The van der Waals surface area contributed by atoms with Crippen LogP contribution in [0.15, 0.2) is 53.3 Å². The Labute approximate surface area is 275 Å². The lowest BCUT2D eigenvalue weighted by atomic mass is 9.62. The number of alkyl halides is 1. The predicted molar refractivity (Wildman–Crippen MR) is 182 cm³/mol. The highest BCUT2D eigenvalue weighted by atomic mass is 19.1. The second-order valence-electron chi connectivity index (χ2n) is 13.9. The summed E-state index contributed by atoms with van der Waals surface area (Å²) in [4.78, 5) is 40.7. The quantitative estimate of drug-likeness (QED) is 0.347. The maximum absolute atomic E-state index is 14.2. The Balaban J connectivity index is 1.34. The largest absolute Gasteiger partial charge is 0.364 e. The van der Waals surface area contributed by atoms with E-state index < -0.39 is 6.67 Å². The van der Waals surface area contributed by atoms with Gasteiger partial charge in [0.1, 0.15) is 12.5 Å². The van der Waals surface area contributed by atoms with Gasteiger partial charge in [-0.15, -0.1) is 0 Å². The van der Waals surface area contributed by atoms with Gasteiger partial charge in [0.2, 0.25) is 5.91 Å². The lowest BCUT2D eigenvalue weighted by Crippen LogP contribution is -2.58. The number of nitriles is 1. The molecule has 3 aliphatic heterocycles. The molecule has 1 aromatic heterocycles. The number of fused-ring (bicyclic) bond motifs is 3. The minimum Gasteiger partial charge on any atom is -0.364 e. The second kappa shape index (κ2) is 12.8. The van der Waals surface area contributed by atoms with Crippen molar-refractivity contribution in [1.29, 1.82) is 5.26 Å². The summed E-state index contributed by atoms with van der Waals surface area (Å²) in [5, 5.41) is 12.2. The van der Waals surface area contributed by atoms with Crippen LogP contribution in [0.25, 0.3) is 10.8 Å². The summed E-state index contributed by atoms with van der Waals surface area (Å²) < 4.78 is 14.8. The number of allylic oxidation sites excluding steroid dienone is 1.